The topological polar surface area (TPSA) is 49.4 Å². The lowest BCUT2D eigenvalue weighted by Gasteiger charge is -2.22. The van der Waals surface area contributed by atoms with Gasteiger partial charge in [-0.25, -0.2) is 0 Å². The predicted molar refractivity (Wildman–Crippen MR) is 100 cm³/mol. The van der Waals surface area contributed by atoms with Gasteiger partial charge in [0.05, 0.1) is 0 Å². The summed E-state index contributed by atoms with van der Waals surface area (Å²) in [5.41, 5.74) is 2.04. The molecule has 2 rings (SSSR count). The second kappa shape index (κ2) is 9.84. The maximum atomic E-state index is 11.9. The number of amides is 2. The van der Waals surface area contributed by atoms with Crippen LogP contribution in [0.4, 0.5) is 0 Å². The third-order valence-electron chi connectivity index (χ3n) is 3.95. The molecule has 0 fully saturated rings. The molecular weight excluding hydrogens is 336 g/mol. The van der Waals surface area contributed by atoms with E-state index in [2.05, 4.69) is 5.32 Å². The minimum Gasteiger partial charge on any atom is -0.354 e. The van der Waals surface area contributed by atoms with Crippen molar-refractivity contribution in [2.45, 2.75) is 26.3 Å². The van der Waals surface area contributed by atoms with Crippen LogP contribution in [0.15, 0.2) is 54.6 Å². The van der Waals surface area contributed by atoms with Crippen LogP contribution in [-0.2, 0) is 22.6 Å². The zero-order chi connectivity index (χ0) is 18.1. The van der Waals surface area contributed by atoms with Crippen molar-refractivity contribution in [3.05, 3.63) is 70.7 Å². The monoisotopic (exact) mass is 358 g/mol. The van der Waals surface area contributed by atoms with Gasteiger partial charge in [0, 0.05) is 38.0 Å². The summed E-state index contributed by atoms with van der Waals surface area (Å²) in [6, 6.07) is 17.4. The van der Waals surface area contributed by atoms with Crippen molar-refractivity contribution >= 4 is 23.4 Å². The van der Waals surface area contributed by atoms with Crippen LogP contribution in [0, 0.1) is 0 Å². The highest BCUT2D eigenvalue weighted by Crippen LogP contribution is 2.16. The molecule has 0 radical (unpaired) electrons. The Kier molecular flexibility index (Phi) is 7.48. The second-order valence-electron chi connectivity index (χ2n) is 5.87. The van der Waals surface area contributed by atoms with E-state index in [-0.39, 0.29) is 11.8 Å². The van der Waals surface area contributed by atoms with Crippen LogP contribution in [0.3, 0.4) is 0 Å². The number of rotatable bonds is 8. The molecule has 0 aliphatic heterocycles. The van der Waals surface area contributed by atoms with E-state index < -0.39 is 0 Å². The summed E-state index contributed by atoms with van der Waals surface area (Å²) < 4.78 is 0. The number of carbonyl (C=O) groups is 2. The number of nitrogens with zero attached hydrogens (tertiary/aromatic N) is 1. The van der Waals surface area contributed by atoms with Crippen LogP contribution in [0.25, 0.3) is 0 Å². The molecule has 1 N–H and O–H groups in total. The van der Waals surface area contributed by atoms with Gasteiger partial charge in [-0.1, -0.05) is 60.1 Å². The van der Waals surface area contributed by atoms with Gasteiger partial charge in [-0.05, 0) is 23.6 Å². The Morgan fingerprint density at radius 2 is 1.72 bits per heavy atom. The van der Waals surface area contributed by atoms with E-state index in [1.165, 1.54) is 6.92 Å². The fourth-order valence-electron chi connectivity index (χ4n) is 2.50. The lowest BCUT2D eigenvalue weighted by atomic mass is 10.1. The molecule has 2 amide bonds. The Morgan fingerprint density at radius 1 is 1.04 bits per heavy atom. The van der Waals surface area contributed by atoms with Crippen molar-refractivity contribution in [3.8, 4) is 0 Å². The number of hydrogen-bond donors (Lipinski definition) is 1. The first-order valence-electron chi connectivity index (χ1n) is 8.36. The molecule has 4 nitrogen and oxygen atoms in total. The standard InChI is InChI=1S/C20H23ClN2O2/c1-16(24)23(15-18-9-5-6-10-19(18)21)14-13-22-20(25)12-11-17-7-3-2-4-8-17/h2-10H,11-15H2,1H3,(H,22,25). The van der Waals surface area contributed by atoms with Crippen molar-refractivity contribution in [1.82, 2.24) is 10.2 Å². The van der Waals surface area contributed by atoms with E-state index in [4.69, 9.17) is 11.6 Å². The van der Waals surface area contributed by atoms with E-state index in [0.29, 0.717) is 37.5 Å². The first-order chi connectivity index (χ1) is 12.1. The van der Waals surface area contributed by atoms with Gasteiger partial charge >= 0.3 is 0 Å². The fourth-order valence-corrected chi connectivity index (χ4v) is 2.70. The van der Waals surface area contributed by atoms with Gasteiger partial charge in [0.25, 0.3) is 0 Å². The largest absolute Gasteiger partial charge is 0.354 e. The number of aryl methyl sites for hydroxylation is 1. The van der Waals surface area contributed by atoms with Gasteiger partial charge in [-0.15, -0.1) is 0 Å². The normalized spacial score (nSPS) is 10.3. The van der Waals surface area contributed by atoms with Crippen molar-refractivity contribution in [3.63, 3.8) is 0 Å². The number of benzene rings is 2. The summed E-state index contributed by atoms with van der Waals surface area (Å²) >= 11 is 6.15. The number of carbonyl (C=O) groups excluding carboxylic acids is 2. The van der Waals surface area contributed by atoms with E-state index in [1.807, 2.05) is 48.5 Å². The minimum absolute atomic E-state index is 0.00917. The maximum Gasteiger partial charge on any atom is 0.220 e. The summed E-state index contributed by atoms with van der Waals surface area (Å²) in [4.78, 5) is 25.4. The lowest BCUT2D eigenvalue weighted by molar-refractivity contribution is -0.130. The van der Waals surface area contributed by atoms with E-state index in [1.54, 1.807) is 11.0 Å². The molecule has 0 saturated carbocycles. The highest BCUT2D eigenvalue weighted by molar-refractivity contribution is 6.31. The van der Waals surface area contributed by atoms with Crippen LogP contribution < -0.4 is 5.32 Å². The molecule has 0 bridgehead atoms. The molecule has 0 heterocycles. The summed E-state index contributed by atoms with van der Waals surface area (Å²) in [6.07, 6.45) is 1.15. The summed E-state index contributed by atoms with van der Waals surface area (Å²) in [7, 11) is 0. The molecule has 0 unspecified atom stereocenters. The third kappa shape index (κ3) is 6.59. The molecule has 2 aromatic carbocycles. The van der Waals surface area contributed by atoms with Crippen molar-refractivity contribution in [2.24, 2.45) is 0 Å². The zero-order valence-corrected chi connectivity index (χ0v) is 15.1. The van der Waals surface area contributed by atoms with Crippen LogP contribution in [0.5, 0.6) is 0 Å². The number of halogens is 1. The van der Waals surface area contributed by atoms with E-state index in [0.717, 1.165) is 11.1 Å². The third-order valence-corrected chi connectivity index (χ3v) is 4.32. The van der Waals surface area contributed by atoms with Crippen LogP contribution >= 0.6 is 11.6 Å². The van der Waals surface area contributed by atoms with Crippen LogP contribution in [0.2, 0.25) is 5.02 Å². The molecule has 0 aliphatic rings. The van der Waals surface area contributed by atoms with E-state index in [9.17, 15) is 9.59 Å². The molecular formula is C20H23ClN2O2. The Labute approximate surface area is 153 Å². The Bertz CT molecular complexity index is 704. The number of hydrogen-bond acceptors (Lipinski definition) is 2. The fraction of sp³-hybridized carbons (Fsp3) is 0.300. The Hall–Kier alpha value is -2.33. The van der Waals surface area contributed by atoms with Gasteiger partial charge in [-0.2, -0.15) is 0 Å². The van der Waals surface area contributed by atoms with Crippen LogP contribution in [0.1, 0.15) is 24.5 Å². The predicted octanol–water partition coefficient (Wildman–Crippen LogP) is 3.44. The molecule has 0 aliphatic carbocycles. The van der Waals surface area contributed by atoms with Gasteiger partial charge in [0.2, 0.25) is 11.8 Å². The molecule has 25 heavy (non-hydrogen) atoms. The molecule has 2 aromatic rings. The number of nitrogens with one attached hydrogen (secondary N) is 1. The van der Waals surface area contributed by atoms with Gasteiger partial charge in [0.15, 0.2) is 0 Å². The van der Waals surface area contributed by atoms with Crippen LogP contribution in [-0.4, -0.2) is 29.8 Å². The SMILES string of the molecule is CC(=O)N(CCNC(=O)CCc1ccccc1)Cc1ccccc1Cl. The molecule has 0 spiro atoms. The van der Waals surface area contributed by atoms with Crippen molar-refractivity contribution in [2.75, 3.05) is 13.1 Å². The highest BCUT2D eigenvalue weighted by Gasteiger charge is 2.11. The van der Waals surface area contributed by atoms with Crippen molar-refractivity contribution in [1.29, 1.82) is 0 Å². The van der Waals surface area contributed by atoms with Gasteiger partial charge in [0.1, 0.15) is 0 Å². The summed E-state index contributed by atoms with van der Waals surface area (Å²) in [5.74, 6) is -0.0523. The molecule has 0 atom stereocenters. The van der Waals surface area contributed by atoms with Gasteiger partial charge < -0.3 is 10.2 Å². The Morgan fingerprint density at radius 3 is 2.40 bits per heavy atom. The summed E-state index contributed by atoms with van der Waals surface area (Å²) in [6.45, 7) is 2.85. The van der Waals surface area contributed by atoms with Gasteiger partial charge in [-0.3, -0.25) is 9.59 Å². The molecule has 0 saturated heterocycles. The molecule has 5 heteroatoms. The lowest BCUT2D eigenvalue weighted by Crippen LogP contribution is -2.37. The first kappa shape index (κ1) is 19.0. The smallest absolute Gasteiger partial charge is 0.220 e. The second-order valence-corrected chi connectivity index (χ2v) is 6.27. The molecule has 132 valence electrons. The first-order valence-corrected chi connectivity index (χ1v) is 8.73. The Balaban J connectivity index is 1.76. The summed E-state index contributed by atoms with van der Waals surface area (Å²) in [5, 5.41) is 3.51. The molecule has 0 aromatic heterocycles. The average Bonchev–Trinajstić information content (AvgIpc) is 2.61. The zero-order valence-electron chi connectivity index (χ0n) is 14.4. The maximum absolute atomic E-state index is 11.9. The van der Waals surface area contributed by atoms with E-state index >= 15 is 0 Å². The average molecular weight is 359 g/mol. The highest BCUT2D eigenvalue weighted by atomic mass is 35.5. The minimum atomic E-state index is -0.0431. The van der Waals surface area contributed by atoms with Crippen molar-refractivity contribution < 1.29 is 9.59 Å². The quantitative estimate of drug-likeness (QED) is 0.785.